The first-order valence-corrected chi connectivity index (χ1v) is 7.50. The van der Waals surface area contributed by atoms with Crippen LogP contribution in [0.5, 0.6) is 0 Å². The number of hydrogen-bond acceptors (Lipinski definition) is 2. The SMILES string of the molecule is C=C[Si](C)(C)c1ccc(C(=O)[O-])cc1.[K+]. The van der Waals surface area contributed by atoms with Gasteiger partial charge in [0.1, 0.15) is 8.07 Å². The predicted molar refractivity (Wildman–Crippen MR) is 58.1 cm³/mol. The van der Waals surface area contributed by atoms with Gasteiger partial charge >= 0.3 is 51.4 Å². The molecule has 2 nitrogen and oxygen atoms in total. The van der Waals surface area contributed by atoms with E-state index in [1.165, 1.54) is 5.19 Å². The first kappa shape index (κ1) is 15.3. The van der Waals surface area contributed by atoms with Crippen molar-refractivity contribution in [1.82, 2.24) is 0 Å². The molecule has 0 heterocycles. The van der Waals surface area contributed by atoms with Crippen molar-refractivity contribution in [2.75, 3.05) is 0 Å². The normalized spacial score (nSPS) is 10.3. The van der Waals surface area contributed by atoms with Crippen molar-refractivity contribution in [3.05, 3.63) is 42.1 Å². The predicted octanol–water partition coefficient (Wildman–Crippen LogP) is -2.31. The van der Waals surface area contributed by atoms with Crippen LogP contribution >= 0.6 is 0 Å². The molecule has 15 heavy (non-hydrogen) atoms. The number of aromatic carboxylic acids is 1. The molecule has 0 aliphatic heterocycles. The number of carbonyl (C=O) groups is 1. The van der Waals surface area contributed by atoms with Crippen LogP contribution in [0.1, 0.15) is 10.4 Å². The van der Waals surface area contributed by atoms with Crippen molar-refractivity contribution in [3.63, 3.8) is 0 Å². The monoisotopic (exact) mass is 244 g/mol. The van der Waals surface area contributed by atoms with Crippen molar-refractivity contribution in [3.8, 4) is 0 Å². The maximum Gasteiger partial charge on any atom is 1.00 e. The van der Waals surface area contributed by atoms with E-state index in [-0.39, 0.29) is 56.9 Å². The minimum absolute atomic E-state index is 0. The van der Waals surface area contributed by atoms with Crippen LogP contribution in [0.25, 0.3) is 0 Å². The Balaban J connectivity index is 0.00000196. The Morgan fingerprint density at radius 1 is 1.33 bits per heavy atom. The molecule has 0 bridgehead atoms. The summed E-state index contributed by atoms with van der Waals surface area (Å²) < 4.78 is 0. The van der Waals surface area contributed by atoms with Crippen LogP contribution in [-0.4, -0.2) is 14.0 Å². The van der Waals surface area contributed by atoms with Crippen molar-refractivity contribution in [2.24, 2.45) is 0 Å². The molecule has 0 saturated heterocycles. The number of carbonyl (C=O) groups excluding carboxylic acids is 1. The standard InChI is InChI=1S/C11H14O2Si.K/c1-4-14(2,3)10-7-5-9(6-8-10)11(12)13;/h4-8H,1H2,2-3H3,(H,12,13);/q;+1/p-1. The number of carboxylic acids is 1. The third-order valence-electron chi connectivity index (χ3n) is 2.37. The van der Waals surface area contributed by atoms with E-state index in [1.807, 2.05) is 17.8 Å². The molecule has 1 rings (SSSR count). The van der Waals surface area contributed by atoms with E-state index in [4.69, 9.17) is 0 Å². The number of carboxylic acid groups (broad SMARTS) is 1. The largest absolute Gasteiger partial charge is 1.00 e. The van der Waals surface area contributed by atoms with Crippen molar-refractivity contribution in [2.45, 2.75) is 13.1 Å². The van der Waals surface area contributed by atoms with Gasteiger partial charge in [-0.15, -0.1) is 6.58 Å². The zero-order valence-electron chi connectivity index (χ0n) is 9.41. The molecule has 0 N–H and O–H groups in total. The van der Waals surface area contributed by atoms with Crippen molar-refractivity contribution < 1.29 is 61.3 Å². The summed E-state index contributed by atoms with van der Waals surface area (Å²) in [6, 6.07) is 6.86. The minimum Gasteiger partial charge on any atom is -0.545 e. The molecule has 4 heteroatoms. The van der Waals surface area contributed by atoms with Crippen LogP contribution in [0.2, 0.25) is 13.1 Å². The second-order valence-corrected chi connectivity index (χ2v) is 8.22. The van der Waals surface area contributed by atoms with Crippen LogP contribution in [-0.2, 0) is 0 Å². The van der Waals surface area contributed by atoms with E-state index in [0.717, 1.165) is 0 Å². The third-order valence-corrected chi connectivity index (χ3v) is 5.22. The molecule has 1 aromatic rings. The second kappa shape index (κ2) is 6.13. The Morgan fingerprint density at radius 3 is 2.13 bits per heavy atom. The van der Waals surface area contributed by atoms with E-state index < -0.39 is 14.0 Å². The quantitative estimate of drug-likeness (QED) is 0.561. The van der Waals surface area contributed by atoms with Crippen LogP contribution < -0.4 is 61.7 Å². The van der Waals surface area contributed by atoms with Gasteiger partial charge in [0.25, 0.3) is 0 Å². The minimum atomic E-state index is -1.56. The first-order chi connectivity index (χ1) is 6.47. The number of benzene rings is 1. The smallest absolute Gasteiger partial charge is 0.545 e. The molecule has 0 saturated carbocycles. The average Bonchev–Trinajstić information content (AvgIpc) is 2.18. The summed E-state index contributed by atoms with van der Waals surface area (Å²) >= 11 is 0. The van der Waals surface area contributed by atoms with Crippen LogP contribution in [0.3, 0.4) is 0 Å². The van der Waals surface area contributed by atoms with Crippen molar-refractivity contribution >= 4 is 19.2 Å². The Morgan fingerprint density at radius 2 is 1.80 bits per heavy atom. The van der Waals surface area contributed by atoms with Crippen LogP contribution in [0.4, 0.5) is 0 Å². The van der Waals surface area contributed by atoms with Gasteiger partial charge in [-0.1, -0.05) is 48.2 Å². The number of hydrogen-bond donors (Lipinski definition) is 0. The zero-order valence-corrected chi connectivity index (χ0v) is 13.5. The summed E-state index contributed by atoms with van der Waals surface area (Å²) in [4.78, 5) is 10.5. The first-order valence-electron chi connectivity index (χ1n) is 4.43. The summed E-state index contributed by atoms with van der Waals surface area (Å²) in [6.07, 6.45) is 0. The molecule has 1 aromatic carbocycles. The average molecular weight is 244 g/mol. The van der Waals surface area contributed by atoms with Crippen LogP contribution in [0, 0.1) is 0 Å². The molecule has 0 radical (unpaired) electrons. The maximum atomic E-state index is 10.5. The Bertz CT molecular complexity index is 357. The van der Waals surface area contributed by atoms with E-state index in [2.05, 4.69) is 19.7 Å². The topological polar surface area (TPSA) is 40.1 Å². The number of rotatable bonds is 3. The molecule has 0 atom stereocenters. The molecule has 0 fully saturated rings. The fraction of sp³-hybridized carbons (Fsp3) is 0.182. The summed E-state index contributed by atoms with van der Waals surface area (Å²) in [5.74, 6) is -1.13. The zero-order chi connectivity index (χ0) is 10.8. The second-order valence-electron chi connectivity index (χ2n) is 3.79. The Kier molecular flexibility index (Phi) is 6.24. The van der Waals surface area contributed by atoms with E-state index in [1.54, 1.807) is 12.1 Å². The van der Waals surface area contributed by atoms with Gasteiger partial charge in [0.05, 0.1) is 5.97 Å². The Hall–Kier alpha value is 0.283. The fourth-order valence-electron chi connectivity index (χ4n) is 1.15. The fourth-order valence-corrected chi connectivity index (χ4v) is 2.42. The molecule has 0 aromatic heterocycles. The molecule has 0 unspecified atom stereocenters. The van der Waals surface area contributed by atoms with Gasteiger partial charge in [0.2, 0.25) is 0 Å². The van der Waals surface area contributed by atoms with Crippen molar-refractivity contribution in [1.29, 1.82) is 0 Å². The summed E-state index contributed by atoms with van der Waals surface area (Å²) in [7, 11) is -1.56. The van der Waals surface area contributed by atoms with Gasteiger partial charge in [-0.3, -0.25) is 0 Å². The molecule has 0 aliphatic rings. The summed E-state index contributed by atoms with van der Waals surface area (Å²) in [6.45, 7) is 8.12. The van der Waals surface area contributed by atoms with Gasteiger partial charge in [-0.05, 0) is 5.56 Å². The molecule has 0 amide bonds. The Labute approximate surface area is 134 Å². The van der Waals surface area contributed by atoms with Gasteiger partial charge in [0.15, 0.2) is 0 Å². The molecular formula is C11H13KO2Si. The third kappa shape index (κ3) is 3.98. The molecular weight excluding hydrogens is 231 g/mol. The molecule has 0 spiro atoms. The van der Waals surface area contributed by atoms with E-state index in [9.17, 15) is 9.90 Å². The molecule has 74 valence electrons. The van der Waals surface area contributed by atoms with Gasteiger partial charge in [-0.25, -0.2) is 0 Å². The maximum absolute atomic E-state index is 10.5. The van der Waals surface area contributed by atoms with Gasteiger partial charge < -0.3 is 9.90 Å². The van der Waals surface area contributed by atoms with E-state index in [0.29, 0.717) is 0 Å². The van der Waals surface area contributed by atoms with Gasteiger partial charge in [0, 0.05) is 0 Å². The van der Waals surface area contributed by atoms with Gasteiger partial charge in [-0.2, -0.15) is 0 Å². The molecule has 0 aliphatic carbocycles. The summed E-state index contributed by atoms with van der Waals surface area (Å²) in [5, 5.41) is 11.7. The van der Waals surface area contributed by atoms with E-state index >= 15 is 0 Å². The van der Waals surface area contributed by atoms with Crippen LogP contribution in [0.15, 0.2) is 36.5 Å². The summed E-state index contributed by atoms with van der Waals surface area (Å²) in [5.41, 5.74) is 2.20.